The van der Waals surface area contributed by atoms with Crippen LogP contribution in [0.2, 0.25) is 0 Å². The van der Waals surface area contributed by atoms with Gasteiger partial charge in [-0.1, -0.05) is 13.8 Å². The van der Waals surface area contributed by atoms with E-state index in [1.807, 2.05) is 0 Å². The van der Waals surface area contributed by atoms with E-state index < -0.39 is 0 Å². The molecule has 1 N–H and O–H groups in total. The SMILES string of the molecule is COCc1[nH]cnc1C(C)C. The van der Waals surface area contributed by atoms with Gasteiger partial charge in [-0.3, -0.25) is 0 Å². The first-order valence-electron chi connectivity index (χ1n) is 3.76. The monoisotopic (exact) mass is 154 g/mol. The average molecular weight is 154 g/mol. The van der Waals surface area contributed by atoms with Gasteiger partial charge in [0.2, 0.25) is 0 Å². The van der Waals surface area contributed by atoms with Crippen LogP contribution in [-0.4, -0.2) is 17.1 Å². The first-order valence-corrected chi connectivity index (χ1v) is 3.76. The van der Waals surface area contributed by atoms with E-state index in [1.165, 1.54) is 0 Å². The summed E-state index contributed by atoms with van der Waals surface area (Å²) in [6, 6.07) is 0. The molecule has 0 aromatic carbocycles. The molecule has 0 radical (unpaired) electrons. The van der Waals surface area contributed by atoms with Gasteiger partial charge in [0.25, 0.3) is 0 Å². The predicted molar refractivity (Wildman–Crippen MR) is 43.4 cm³/mol. The topological polar surface area (TPSA) is 37.9 Å². The van der Waals surface area contributed by atoms with E-state index in [9.17, 15) is 0 Å². The Labute approximate surface area is 66.8 Å². The summed E-state index contributed by atoms with van der Waals surface area (Å²) in [6.07, 6.45) is 1.71. The number of nitrogens with one attached hydrogen (secondary N) is 1. The molecule has 0 aliphatic heterocycles. The Balaban J connectivity index is 2.78. The fraction of sp³-hybridized carbons (Fsp3) is 0.625. The van der Waals surface area contributed by atoms with E-state index in [4.69, 9.17) is 4.74 Å². The van der Waals surface area contributed by atoms with Gasteiger partial charge in [0.05, 0.1) is 24.3 Å². The molecule has 0 bridgehead atoms. The van der Waals surface area contributed by atoms with Crippen LogP contribution in [0.1, 0.15) is 31.2 Å². The summed E-state index contributed by atoms with van der Waals surface area (Å²) in [5.41, 5.74) is 2.19. The van der Waals surface area contributed by atoms with Crippen molar-refractivity contribution < 1.29 is 4.74 Å². The number of hydrogen-bond donors (Lipinski definition) is 1. The van der Waals surface area contributed by atoms with E-state index in [1.54, 1.807) is 13.4 Å². The molecular weight excluding hydrogens is 140 g/mol. The highest BCUT2D eigenvalue weighted by Crippen LogP contribution is 2.15. The number of nitrogens with zero attached hydrogens (tertiary/aromatic N) is 1. The summed E-state index contributed by atoms with van der Waals surface area (Å²) in [5.74, 6) is 0.464. The standard InChI is InChI=1S/C8H14N2O/c1-6(2)8-7(4-11-3)9-5-10-8/h5-6H,4H2,1-3H3,(H,9,10). The van der Waals surface area contributed by atoms with Crippen LogP contribution in [-0.2, 0) is 11.3 Å². The van der Waals surface area contributed by atoms with Crippen molar-refractivity contribution in [2.75, 3.05) is 7.11 Å². The molecule has 1 heterocycles. The normalized spacial score (nSPS) is 10.9. The van der Waals surface area contributed by atoms with Crippen LogP contribution in [0.25, 0.3) is 0 Å². The van der Waals surface area contributed by atoms with Crippen molar-refractivity contribution in [3.05, 3.63) is 17.7 Å². The van der Waals surface area contributed by atoms with Crippen molar-refractivity contribution in [2.24, 2.45) is 0 Å². The molecule has 62 valence electrons. The molecule has 0 aliphatic carbocycles. The molecule has 0 amide bonds. The van der Waals surface area contributed by atoms with E-state index in [2.05, 4.69) is 23.8 Å². The van der Waals surface area contributed by atoms with Crippen LogP contribution < -0.4 is 0 Å². The average Bonchev–Trinajstić information content (AvgIpc) is 2.36. The zero-order valence-corrected chi connectivity index (χ0v) is 7.22. The highest BCUT2D eigenvalue weighted by Gasteiger charge is 2.07. The quantitative estimate of drug-likeness (QED) is 0.719. The maximum atomic E-state index is 5.01. The molecular formula is C8H14N2O. The maximum absolute atomic E-state index is 5.01. The number of imidazole rings is 1. The molecule has 0 unspecified atom stereocenters. The Bertz CT molecular complexity index is 218. The summed E-state index contributed by atoms with van der Waals surface area (Å²) in [5, 5.41) is 0. The van der Waals surface area contributed by atoms with Crippen molar-refractivity contribution in [1.82, 2.24) is 9.97 Å². The number of hydrogen-bond acceptors (Lipinski definition) is 2. The van der Waals surface area contributed by atoms with Crippen LogP contribution in [0.5, 0.6) is 0 Å². The molecule has 0 fully saturated rings. The van der Waals surface area contributed by atoms with Gasteiger partial charge in [-0.2, -0.15) is 0 Å². The van der Waals surface area contributed by atoms with Crippen molar-refractivity contribution in [3.8, 4) is 0 Å². The lowest BCUT2D eigenvalue weighted by atomic mass is 10.1. The van der Waals surface area contributed by atoms with Gasteiger partial charge < -0.3 is 9.72 Å². The van der Waals surface area contributed by atoms with E-state index in [-0.39, 0.29) is 0 Å². The number of H-pyrrole nitrogens is 1. The number of ether oxygens (including phenoxy) is 1. The second-order valence-corrected chi connectivity index (χ2v) is 2.85. The minimum Gasteiger partial charge on any atom is -0.378 e. The fourth-order valence-electron chi connectivity index (χ4n) is 1.09. The molecule has 0 saturated heterocycles. The number of methoxy groups -OCH3 is 1. The minimum atomic E-state index is 0.464. The molecule has 0 aliphatic rings. The van der Waals surface area contributed by atoms with Gasteiger partial charge in [0.1, 0.15) is 0 Å². The van der Waals surface area contributed by atoms with Crippen LogP contribution in [0.3, 0.4) is 0 Å². The molecule has 3 heteroatoms. The molecule has 1 rings (SSSR count). The highest BCUT2D eigenvalue weighted by molar-refractivity contribution is 5.13. The molecule has 0 spiro atoms. The fourth-order valence-corrected chi connectivity index (χ4v) is 1.09. The van der Waals surface area contributed by atoms with Gasteiger partial charge in [0.15, 0.2) is 0 Å². The second-order valence-electron chi connectivity index (χ2n) is 2.85. The third-order valence-corrected chi connectivity index (χ3v) is 1.59. The van der Waals surface area contributed by atoms with E-state index in [0.29, 0.717) is 12.5 Å². The Morgan fingerprint density at radius 2 is 2.36 bits per heavy atom. The van der Waals surface area contributed by atoms with Crippen LogP contribution >= 0.6 is 0 Å². The van der Waals surface area contributed by atoms with Crippen molar-refractivity contribution in [2.45, 2.75) is 26.4 Å². The summed E-state index contributed by atoms with van der Waals surface area (Å²) in [6.45, 7) is 4.86. The van der Waals surface area contributed by atoms with Crippen LogP contribution in [0.15, 0.2) is 6.33 Å². The van der Waals surface area contributed by atoms with Crippen LogP contribution in [0, 0.1) is 0 Å². The van der Waals surface area contributed by atoms with Crippen molar-refractivity contribution in [3.63, 3.8) is 0 Å². The highest BCUT2D eigenvalue weighted by atomic mass is 16.5. The van der Waals surface area contributed by atoms with Gasteiger partial charge in [0, 0.05) is 7.11 Å². The molecule has 1 aromatic heterocycles. The number of rotatable bonds is 3. The third-order valence-electron chi connectivity index (χ3n) is 1.59. The van der Waals surface area contributed by atoms with Gasteiger partial charge in [-0.25, -0.2) is 4.98 Å². The second kappa shape index (κ2) is 3.53. The lowest BCUT2D eigenvalue weighted by Gasteiger charge is -2.03. The molecule has 0 saturated carbocycles. The molecule has 0 atom stereocenters. The lowest BCUT2D eigenvalue weighted by molar-refractivity contribution is 0.181. The van der Waals surface area contributed by atoms with Gasteiger partial charge >= 0.3 is 0 Å². The predicted octanol–water partition coefficient (Wildman–Crippen LogP) is 1.68. The largest absolute Gasteiger partial charge is 0.378 e. The molecule has 11 heavy (non-hydrogen) atoms. The lowest BCUT2D eigenvalue weighted by Crippen LogP contribution is -1.96. The zero-order chi connectivity index (χ0) is 8.27. The van der Waals surface area contributed by atoms with E-state index >= 15 is 0 Å². The molecule has 1 aromatic rings. The smallest absolute Gasteiger partial charge is 0.0926 e. The summed E-state index contributed by atoms with van der Waals surface area (Å²) in [7, 11) is 1.69. The zero-order valence-electron chi connectivity index (χ0n) is 7.22. The van der Waals surface area contributed by atoms with E-state index in [0.717, 1.165) is 11.4 Å². The summed E-state index contributed by atoms with van der Waals surface area (Å²) >= 11 is 0. The first-order chi connectivity index (χ1) is 5.25. The Morgan fingerprint density at radius 3 is 2.91 bits per heavy atom. The van der Waals surface area contributed by atoms with Gasteiger partial charge in [-0.15, -0.1) is 0 Å². The number of aromatic amines is 1. The third kappa shape index (κ3) is 1.80. The van der Waals surface area contributed by atoms with Crippen LogP contribution in [0.4, 0.5) is 0 Å². The van der Waals surface area contributed by atoms with Crippen molar-refractivity contribution in [1.29, 1.82) is 0 Å². The first kappa shape index (κ1) is 8.27. The maximum Gasteiger partial charge on any atom is 0.0926 e. The summed E-state index contributed by atoms with van der Waals surface area (Å²) in [4.78, 5) is 7.25. The molecule has 3 nitrogen and oxygen atoms in total. The minimum absolute atomic E-state index is 0.464. The number of aromatic nitrogens is 2. The van der Waals surface area contributed by atoms with Crippen molar-refractivity contribution >= 4 is 0 Å². The van der Waals surface area contributed by atoms with Gasteiger partial charge in [-0.05, 0) is 5.92 Å². The summed E-state index contributed by atoms with van der Waals surface area (Å²) < 4.78 is 5.01. The Kier molecular flexibility index (Phi) is 2.65. The Hall–Kier alpha value is -0.830. The Morgan fingerprint density at radius 1 is 1.64 bits per heavy atom.